The molecule has 0 aliphatic carbocycles. The molecule has 0 radical (unpaired) electrons. The predicted octanol–water partition coefficient (Wildman–Crippen LogP) is 4.17. The zero-order chi connectivity index (χ0) is 25.5. The van der Waals surface area contributed by atoms with E-state index in [1.807, 2.05) is 32.9 Å². The van der Waals surface area contributed by atoms with Gasteiger partial charge in [-0.25, -0.2) is 8.42 Å². The number of halogens is 1. The van der Waals surface area contributed by atoms with Crippen LogP contribution in [0.1, 0.15) is 51.2 Å². The molecule has 0 aromatic heterocycles. The molecule has 34 heavy (non-hydrogen) atoms. The number of hydrogen-bond donors (Lipinski definition) is 1. The molecular formula is C25H34ClN3O4S. The Bertz CT molecular complexity index is 1090. The van der Waals surface area contributed by atoms with Gasteiger partial charge in [0.1, 0.15) is 12.6 Å². The van der Waals surface area contributed by atoms with Crippen molar-refractivity contribution in [3.63, 3.8) is 0 Å². The molecule has 2 amide bonds. The van der Waals surface area contributed by atoms with E-state index in [0.717, 1.165) is 22.5 Å². The van der Waals surface area contributed by atoms with E-state index in [4.69, 9.17) is 11.6 Å². The molecule has 1 atom stereocenters. The van der Waals surface area contributed by atoms with E-state index in [-0.39, 0.29) is 18.4 Å². The Balaban J connectivity index is 2.38. The maximum Gasteiger partial charge on any atom is 0.244 e. The van der Waals surface area contributed by atoms with Gasteiger partial charge in [-0.2, -0.15) is 0 Å². The molecule has 0 spiro atoms. The number of rotatable bonds is 11. The Kier molecular flexibility index (Phi) is 9.94. The lowest BCUT2D eigenvalue weighted by molar-refractivity contribution is -0.139. The van der Waals surface area contributed by atoms with Crippen LogP contribution in [0.15, 0.2) is 48.5 Å². The molecule has 0 unspecified atom stereocenters. The van der Waals surface area contributed by atoms with Crippen molar-refractivity contribution in [2.24, 2.45) is 0 Å². The number of nitrogens with zero attached hydrogens (tertiary/aromatic N) is 2. The Labute approximate surface area is 208 Å². The van der Waals surface area contributed by atoms with Crippen LogP contribution in [0.5, 0.6) is 0 Å². The van der Waals surface area contributed by atoms with Crippen LogP contribution < -0.4 is 9.62 Å². The molecule has 0 saturated carbocycles. The van der Waals surface area contributed by atoms with Gasteiger partial charge in [-0.3, -0.25) is 13.9 Å². The van der Waals surface area contributed by atoms with Gasteiger partial charge in [0.2, 0.25) is 21.8 Å². The highest BCUT2D eigenvalue weighted by Gasteiger charge is 2.30. The van der Waals surface area contributed by atoms with Gasteiger partial charge in [-0.1, -0.05) is 62.7 Å². The Hall–Kier alpha value is -2.58. The van der Waals surface area contributed by atoms with Gasteiger partial charge < -0.3 is 10.2 Å². The van der Waals surface area contributed by atoms with Crippen molar-refractivity contribution in [3.05, 3.63) is 64.7 Å². The third kappa shape index (κ3) is 7.46. The largest absolute Gasteiger partial charge is 0.354 e. The summed E-state index contributed by atoms with van der Waals surface area (Å²) in [6.07, 6.45) is 1.82. The minimum Gasteiger partial charge on any atom is -0.354 e. The van der Waals surface area contributed by atoms with Crippen molar-refractivity contribution in [1.82, 2.24) is 10.2 Å². The zero-order valence-electron chi connectivity index (χ0n) is 20.4. The molecule has 186 valence electrons. The van der Waals surface area contributed by atoms with Crippen LogP contribution in [-0.2, 0) is 26.2 Å². The van der Waals surface area contributed by atoms with Crippen molar-refractivity contribution in [1.29, 1.82) is 0 Å². The topological polar surface area (TPSA) is 86.8 Å². The van der Waals surface area contributed by atoms with Crippen molar-refractivity contribution in [3.8, 4) is 0 Å². The van der Waals surface area contributed by atoms with Crippen LogP contribution in [-0.4, -0.2) is 50.5 Å². The van der Waals surface area contributed by atoms with Gasteiger partial charge >= 0.3 is 0 Å². The van der Waals surface area contributed by atoms with E-state index in [9.17, 15) is 18.0 Å². The predicted molar refractivity (Wildman–Crippen MR) is 137 cm³/mol. The van der Waals surface area contributed by atoms with Crippen LogP contribution in [0.3, 0.4) is 0 Å². The summed E-state index contributed by atoms with van der Waals surface area (Å²) in [6.45, 7) is 7.77. The van der Waals surface area contributed by atoms with E-state index in [0.29, 0.717) is 22.8 Å². The minimum atomic E-state index is -3.76. The summed E-state index contributed by atoms with van der Waals surface area (Å²) < 4.78 is 26.3. The fraction of sp³-hybridized carbons (Fsp3) is 0.440. The smallest absolute Gasteiger partial charge is 0.244 e. The fourth-order valence-electron chi connectivity index (χ4n) is 3.43. The first-order chi connectivity index (χ1) is 16.0. The van der Waals surface area contributed by atoms with Crippen LogP contribution >= 0.6 is 11.6 Å². The van der Waals surface area contributed by atoms with Gasteiger partial charge in [0.25, 0.3) is 0 Å². The van der Waals surface area contributed by atoms with Gasteiger partial charge in [-0.15, -0.1) is 0 Å². The number of benzene rings is 2. The van der Waals surface area contributed by atoms with Crippen LogP contribution in [0, 0.1) is 0 Å². The van der Waals surface area contributed by atoms with E-state index in [2.05, 4.69) is 5.32 Å². The average Bonchev–Trinajstić information content (AvgIpc) is 2.79. The van der Waals surface area contributed by atoms with Crippen LogP contribution in [0.2, 0.25) is 5.02 Å². The molecule has 0 saturated heterocycles. The zero-order valence-corrected chi connectivity index (χ0v) is 22.0. The number of nitrogens with one attached hydrogen (secondary N) is 1. The van der Waals surface area contributed by atoms with Gasteiger partial charge in [0, 0.05) is 18.1 Å². The molecule has 2 rings (SSSR count). The second kappa shape index (κ2) is 12.2. The van der Waals surface area contributed by atoms with Crippen molar-refractivity contribution < 1.29 is 18.0 Å². The summed E-state index contributed by atoms with van der Waals surface area (Å²) in [7, 11) is -3.76. The number of carbonyl (C=O) groups is 2. The molecule has 9 heteroatoms. The molecule has 1 N–H and O–H groups in total. The molecule has 2 aromatic carbocycles. The number of hydrogen-bond acceptors (Lipinski definition) is 4. The molecule has 0 fully saturated rings. The second-order valence-corrected chi connectivity index (χ2v) is 10.9. The quantitative estimate of drug-likeness (QED) is 0.494. The van der Waals surface area contributed by atoms with Gasteiger partial charge in [0.15, 0.2) is 0 Å². The van der Waals surface area contributed by atoms with Crippen molar-refractivity contribution >= 4 is 39.1 Å². The molecule has 7 nitrogen and oxygen atoms in total. The fourth-order valence-corrected chi connectivity index (χ4v) is 4.47. The second-order valence-electron chi connectivity index (χ2n) is 8.60. The number of amides is 2. The maximum absolute atomic E-state index is 13.5. The first-order valence-corrected chi connectivity index (χ1v) is 13.6. The Morgan fingerprint density at radius 3 is 2.18 bits per heavy atom. The minimum absolute atomic E-state index is 0.0725. The van der Waals surface area contributed by atoms with E-state index >= 15 is 0 Å². The van der Waals surface area contributed by atoms with Crippen molar-refractivity contribution in [2.75, 3.05) is 23.7 Å². The lowest BCUT2D eigenvalue weighted by Crippen LogP contribution is -2.51. The lowest BCUT2D eigenvalue weighted by atomic mass is 10.0. The normalized spacial score (nSPS) is 12.3. The summed E-state index contributed by atoms with van der Waals surface area (Å²) >= 11 is 6.31. The lowest BCUT2D eigenvalue weighted by Gasteiger charge is -2.31. The summed E-state index contributed by atoms with van der Waals surface area (Å²) in [5.74, 6) is -0.525. The standard InChI is InChI=1S/C25H34ClN3O4S/c1-6-15-27-25(31)19(4)28(16-21-9-7-8-10-23(21)26)24(30)17-29(34(5,32)33)22-13-11-20(12-14-22)18(2)3/h7-14,18-19H,6,15-17H2,1-5H3,(H,27,31)/t19-/m0/s1. The summed E-state index contributed by atoms with van der Waals surface area (Å²) in [5, 5.41) is 3.27. The third-order valence-electron chi connectivity index (χ3n) is 5.54. The van der Waals surface area contributed by atoms with E-state index in [1.54, 1.807) is 43.3 Å². The van der Waals surface area contributed by atoms with E-state index < -0.39 is 28.5 Å². The Morgan fingerprint density at radius 1 is 1.03 bits per heavy atom. The first kappa shape index (κ1) is 27.7. The first-order valence-electron chi connectivity index (χ1n) is 11.3. The molecule has 0 aliphatic rings. The Morgan fingerprint density at radius 2 is 1.65 bits per heavy atom. The maximum atomic E-state index is 13.5. The number of carbonyl (C=O) groups excluding carboxylic acids is 2. The highest BCUT2D eigenvalue weighted by molar-refractivity contribution is 7.92. The molecular weight excluding hydrogens is 474 g/mol. The highest BCUT2D eigenvalue weighted by Crippen LogP contribution is 2.23. The third-order valence-corrected chi connectivity index (χ3v) is 7.05. The summed E-state index contributed by atoms with van der Waals surface area (Å²) in [5.41, 5.74) is 2.12. The molecule has 2 aromatic rings. The number of sulfonamides is 1. The summed E-state index contributed by atoms with van der Waals surface area (Å²) in [6, 6.07) is 13.3. The monoisotopic (exact) mass is 507 g/mol. The van der Waals surface area contributed by atoms with Crippen LogP contribution in [0.25, 0.3) is 0 Å². The van der Waals surface area contributed by atoms with Crippen LogP contribution in [0.4, 0.5) is 5.69 Å². The van der Waals surface area contributed by atoms with Gasteiger partial charge in [-0.05, 0) is 48.6 Å². The van der Waals surface area contributed by atoms with Crippen molar-refractivity contribution in [2.45, 2.75) is 52.6 Å². The van der Waals surface area contributed by atoms with Gasteiger partial charge in [0.05, 0.1) is 11.9 Å². The highest BCUT2D eigenvalue weighted by atomic mass is 35.5. The molecule has 0 aliphatic heterocycles. The number of anilines is 1. The SMILES string of the molecule is CCCNC(=O)[C@H](C)N(Cc1ccccc1Cl)C(=O)CN(c1ccc(C(C)C)cc1)S(C)(=O)=O. The molecule has 0 heterocycles. The van der Waals surface area contributed by atoms with E-state index in [1.165, 1.54) is 4.90 Å². The average molecular weight is 508 g/mol. The summed E-state index contributed by atoms with van der Waals surface area (Å²) in [4.78, 5) is 27.6. The molecule has 0 bridgehead atoms.